The van der Waals surface area contributed by atoms with Gasteiger partial charge in [0.05, 0.1) is 0 Å². The molecule has 5 heteroatoms. The van der Waals surface area contributed by atoms with Crippen LogP contribution in [-0.4, -0.2) is 37.3 Å². The molecule has 0 unspecified atom stereocenters. The molecule has 0 saturated heterocycles. The highest BCUT2D eigenvalue weighted by Gasteiger charge is 1.96. The van der Waals surface area contributed by atoms with Crippen molar-refractivity contribution in [2.45, 2.75) is 41.0 Å². The van der Waals surface area contributed by atoms with Crippen molar-refractivity contribution in [1.82, 2.24) is 10.6 Å². The largest absolute Gasteiger partial charge is 0.478 e. The Morgan fingerprint density at radius 2 is 1.22 bits per heavy atom. The van der Waals surface area contributed by atoms with Crippen molar-refractivity contribution in [2.24, 2.45) is 0 Å². The van der Waals surface area contributed by atoms with Gasteiger partial charge in [-0.05, 0) is 32.6 Å². The SMILES string of the molecule is Br.C=C(CC)C(=O)O.CCNCC.CCNCC. The minimum absolute atomic E-state index is 0. The maximum absolute atomic E-state index is 9.83. The van der Waals surface area contributed by atoms with Crippen LogP contribution in [-0.2, 0) is 4.79 Å². The van der Waals surface area contributed by atoms with Crippen molar-refractivity contribution < 1.29 is 9.90 Å². The average molecular weight is 327 g/mol. The van der Waals surface area contributed by atoms with Crippen LogP contribution in [0.25, 0.3) is 0 Å². The zero-order valence-electron chi connectivity index (χ0n) is 12.5. The number of carboxylic acids is 1. The first-order valence-corrected chi connectivity index (χ1v) is 6.33. The molecule has 0 spiro atoms. The molecule has 0 saturated carbocycles. The maximum atomic E-state index is 9.83. The van der Waals surface area contributed by atoms with Gasteiger partial charge in [0.2, 0.25) is 0 Å². The maximum Gasteiger partial charge on any atom is 0.330 e. The van der Waals surface area contributed by atoms with Crippen molar-refractivity contribution in [3.8, 4) is 0 Å². The number of halogens is 1. The summed E-state index contributed by atoms with van der Waals surface area (Å²) < 4.78 is 0. The molecule has 4 nitrogen and oxygen atoms in total. The van der Waals surface area contributed by atoms with Crippen LogP contribution < -0.4 is 10.6 Å². The van der Waals surface area contributed by atoms with Gasteiger partial charge in [0.15, 0.2) is 0 Å². The van der Waals surface area contributed by atoms with E-state index in [0.717, 1.165) is 26.2 Å². The van der Waals surface area contributed by atoms with Crippen LogP contribution in [0.3, 0.4) is 0 Å². The zero-order chi connectivity index (χ0) is 14.1. The second kappa shape index (κ2) is 25.5. The predicted octanol–water partition coefficient (Wildman–Crippen LogP) is 2.85. The van der Waals surface area contributed by atoms with Crippen molar-refractivity contribution in [1.29, 1.82) is 0 Å². The second-order valence-electron chi connectivity index (χ2n) is 3.18. The molecule has 0 aliphatic heterocycles. The van der Waals surface area contributed by atoms with Crippen molar-refractivity contribution in [3.05, 3.63) is 12.2 Å². The molecule has 0 fully saturated rings. The Morgan fingerprint density at radius 1 is 0.944 bits per heavy atom. The first-order chi connectivity index (χ1) is 8.01. The molecule has 18 heavy (non-hydrogen) atoms. The molecule has 0 rings (SSSR count). The highest BCUT2D eigenvalue weighted by molar-refractivity contribution is 8.93. The first-order valence-electron chi connectivity index (χ1n) is 6.33. The molecule has 0 aromatic carbocycles. The van der Waals surface area contributed by atoms with E-state index >= 15 is 0 Å². The van der Waals surface area contributed by atoms with E-state index in [-0.39, 0.29) is 22.6 Å². The van der Waals surface area contributed by atoms with Gasteiger partial charge >= 0.3 is 5.97 Å². The van der Waals surface area contributed by atoms with Gasteiger partial charge < -0.3 is 15.7 Å². The summed E-state index contributed by atoms with van der Waals surface area (Å²) in [4.78, 5) is 9.83. The van der Waals surface area contributed by atoms with Gasteiger partial charge in [-0.1, -0.05) is 41.2 Å². The molecular weight excluding hydrogens is 296 g/mol. The summed E-state index contributed by atoms with van der Waals surface area (Å²) in [6.45, 7) is 17.8. The Labute approximate surface area is 123 Å². The molecule has 0 radical (unpaired) electrons. The third-order valence-electron chi connectivity index (χ3n) is 1.73. The fourth-order valence-corrected chi connectivity index (χ4v) is 0.651. The average Bonchev–Trinajstić information content (AvgIpc) is 2.31. The fourth-order valence-electron chi connectivity index (χ4n) is 0.651. The Balaban J connectivity index is -0.0000000813. The van der Waals surface area contributed by atoms with Crippen LogP contribution in [0.5, 0.6) is 0 Å². The van der Waals surface area contributed by atoms with E-state index in [9.17, 15) is 4.79 Å². The molecule has 3 N–H and O–H groups in total. The van der Waals surface area contributed by atoms with Crippen LogP contribution in [0, 0.1) is 0 Å². The standard InChI is InChI=1S/C5H8O2.2C4H11N.BrH/c1-3-4(2)5(6)7;2*1-3-5-4-2;/h2-3H2,1H3,(H,6,7);2*5H,3-4H2,1-2H3;1H. The molecule has 0 bridgehead atoms. The number of hydrogen-bond acceptors (Lipinski definition) is 3. The third-order valence-corrected chi connectivity index (χ3v) is 1.73. The highest BCUT2D eigenvalue weighted by Crippen LogP contribution is 1.93. The summed E-state index contributed by atoms with van der Waals surface area (Å²) in [5.41, 5.74) is 0.264. The monoisotopic (exact) mass is 326 g/mol. The van der Waals surface area contributed by atoms with Crippen molar-refractivity contribution in [3.63, 3.8) is 0 Å². The lowest BCUT2D eigenvalue weighted by Gasteiger charge is -1.87. The summed E-state index contributed by atoms with van der Waals surface area (Å²) >= 11 is 0. The number of hydrogen-bond donors (Lipinski definition) is 3. The number of carboxylic acid groups (broad SMARTS) is 1. The molecule has 112 valence electrons. The number of nitrogens with one attached hydrogen (secondary N) is 2. The second-order valence-corrected chi connectivity index (χ2v) is 3.18. The summed E-state index contributed by atoms with van der Waals surface area (Å²) in [5.74, 6) is -0.900. The summed E-state index contributed by atoms with van der Waals surface area (Å²) in [6.07, 6.45) is 0.523. The quantitative estimate of drug-likeness (QED) is 0.657. The van der Waals surface area contributed by atoms with Crippen molar-refractivity contribution in [2.75, 3.05) is 26.2 Å². The normalized spacial score (nSPS) is 7.83. The number of aliphatic carboxylic acids is 1. The van der Waals surface area contributed by atoms with E-state index in [1.165, 1.54) is 0 Å². The third kappa shape index (κ3) is 36.1. The Kier molecular flexibility index (Phi) is 37.1. The lowest BCUT2D eigenvalue weighted by atomic mass is 10.2. The zero-order valence-corrected chi connectivity index (χ0v) is 14.2. The van der Waals surface area contributed by atoms with Gasteiger partial charge in [0.1, 0.15) is 0 Å². The Hall–Kier alpha value is -0.390. The topological polar surface area (TPSA) is 61.4 Å². The van der Waals surface area contributed by atoms with E-state index in [2.05, 4.69) is 44.9 Å². The summed E-state index contributed by atoms with van der Waals surface area (Å²) in [5, 5.41) is 14.3. The molecule has 0 aliphatic carbocycles. The Morgan fingerprint density at radius 3 is 1.22 bits per heavy atom. The number of rotatable bonds is 6. The molecule has 0 heterocycles. The van der Waals surface area contributed by atoms with Gasteiger partial charge in [-0.25, -0.2) is 4.79 Å². The molecular formula is C13H31BrN2O2. The van der Waals surface area contributed by atoms with Gasteiger partial charge in [-0.3, -0.25) is 0 Å². The smallest absolute Gasteiger partial charge is 0.330 e. The lowest BCUT2D eigenvalue weighted by molar-refractivity contribution is -0.132. The van der Waals surface area contributed by atoms with E-state index in [4.69, 9.17) is 5.11 Å². The predicted molar refractivity (Wildman–Crippen MR) is 85.8 cm³/mol. The highest BCUT2D eigenvalue weighted by atomic mass is 79.9. The minimum atomic E-state index is -0.900. The van der Waals surface area contributed by atoms with Crippen LogP contribution >= 0.6 is 17.0 Å². The number of carbonyl (C=O) groups is 1. The van der Waals surface area contributed by atoms with Crippen LogP contribution in [0.2, 0.25) is 0 Å². The van der Waals surface area contributed by atoms with Crippen LogP contribution in [0.15, 0.2) is 12.2 Å². The van der Waals surface area contributed by atoms with E-state index in [1.807, 2.05) is 0 Å². The van der Waals surface area contributed by atoms with Crippen LogP contribution in [0.1, 0.15) is 41.0 Å². The molecule has 0 aromatic rings. The van der Waals surface area contributed by atoms with Crippen molar-refractivity contribution >= 4 is 23.0 Å². The fraction of sp³-hybridized carbons (Fsp3) is 0.769. The van der Waals surface area contributed by atoms with Gasteiger partial charge in [0.25, 0.3) is 0 Å². The molecule has 0 aromatic heterocycles. The molecule has 0 amide bonds. The van der Waals surface area contributed by atoms with E-state index in [1.54, 1.807) is 6.92 Å². The van der Waals surface area contributed by atoms with Crippen LogP contribution in [0.4, 0.5) is 0 Å². The molecule has 0 aliphatic rings. The lowest BCUT2D eigenvalue weighted by Crippen LogP contribution is -2.09. The van der Waals surface area contributed by atoms with E-state index < -0.39 is 5.97 Å². The minimum Gasteiger partial charge on any atom is -0.478 e. The summed E-state index contributed by atoms with van der Waals surface area (Å²) in [7, 11) is 0. The van der Waals surface area contributed by atoms with E-state index in [0.29, 0.717) is 6.42 Å². The van der Waals surface area contributed by atoms with Gasteiger partial charge in [-0.15, -0.1) is 17.0 Å². The molecule has 0 atom stereocenters. The summed E-state index contributed by atoms with van der Waals surface area (Å²) in [6, 6.07) is 0. The first kappa shape index (κ1) is 26.2. The van der Waals surface area contributed by atoms with Gasteiger partial charge in [0, 0.05) is 5.57 Å². The Bertz CT molecular complexity index is 166. The van der Waals surface area contributed by atoms with Gasteiger partial charge in [-0.2, -0.15) is 0 Å².